The van der Waals surface area contributed by atoms with Gasteiger partial charge in [-0.15, -0.1) is 0 Å². The van der Waals surface area contributed by atoms with E-state index in [1.165, 1.54) is 0 Å². The zero-order valence-corrected chi connectivity index (χ0v) is 7.35. The zero-order chi connectivity index (χ0) is 11.7. The number of alkyl halides is 2. The molecule has 1 nitrogen and oxygen atoms in total. The van der Waals surface area contributed by atoms with Gasteiger partial charge in [0.15, 0.2) is 23.3 Å². The number of benzene rings is 1. The van der Waals surface area contributed by atoms with Crippen LogP contribution in [0.1, 0.15) is 5.56 Å². The quantitative estimate of drug-likeness (QED) is 0.355. The Hall–Kier alpha value is -1.40. The van der Waals surface area contributed by atoms with Crippen LogP contribution in [0.2, 0.25) is 0 Å². The summed E-state index contributed by atoms with van der Waals surface area (Å²) in [7, 11) is 0. The molecule has 84 valence electrons. The Morgan fingerprint density at radius 2 is 1.40 bits per heavy atom. The summed E-state index contributed by atoms with van der Waals surface area (Å²) >= 11 is 0. The van der Waals surface area contributed by atoms with Crippen LogP contribution >= 0.6 is 0 Å². The van der Waals surface area contributed by atoms with E-state index in [0.717, 1.165) is 12.2 Å². The van der Waals surface area contributed by atoms with Crippen LogP contribution < -0.4 is 5.32 Å². The lowest BCUT2D eigenvalue weighted by atomic mass is 10.1. The van der Waals surface area contributed by atoms with Gasteiger partial charge in [0.25, 0.3) is 0 Å². The Labute approximate surface area is 80.7 Å². The Kier molecular flexibility index (Phi) is 3.11. The molecule has 0 atom stereocenters. The highest BCUT2D eigenvalue weighted by Crippen LogP contribution is 2.28. The summed E-state index contributed by atoms with van der Waals surface area (Å²) in [5, 5.41) is 1.06. The van der Waals surface area contributed by atoms with Gasteiger partial charge in [-0.25, -0.2) is 17.6 Å². The molecule has 0 unspecified atom stereocenters. The molecule has 1 aromatic rings. The van der Waals surface area contributed by atoms with Crippen molar-refractivity contribution in [1.82, 2.24) is 0 Å². The van der Waals surface area contributed by atoms with E-state index in [4.69, 9.17) is 0 Å². The Morgan fingerprint density at radius 3 is 1.87 bits per heavy atom. The third-order valence-electron chi connectivity index (χ3n) is 1.74. The predicted octanol–water partition coefficient (Wildman–Crippen LogP) is 3.19. The van der Waals surface area contributed by atoms with E-state index in [1.54, 1.807) is 0 Å². The summed E-state index contributed by atoms with van der Waals surface area (Å²) in [5.41, 5.74) is -2.24. The van der Waals surface area contributed by atoms with Crippen LogP contribution in [0.4, 0.5) is 32.0 Å². The fourth-order valence-electron chi connectivity index (χ4n) is 0.987. The average molecular weight is 229 g/mol. The summed E-state index contributed by atoms with van der Waals surface area (Å²) in [6, 6.07) is 0. The van der Waals surface area contributed by atoms with Gasteiger partial charge in [0.05, 0.1) is 0 Å². The van der Waals surface area contributed by atoms with Crippen LogP contribution in [0.3, 0.4) is 0 Å². The molecular weight excluding hydrogens is 224 g/mol. The van der Waals surface area contributed by atoms with Crippen LogP contribution in [-0.4, -0.2) is 6.55 Å². The topological polar surface area (TPSA) is 12.0 Å². The summed E-state index contributed by atoms with van der Waals surface area (Å²) < 4.78 is 74.8. The maximum Gasteiger partial charge on any atom is 0.313 e. The third-order valence-corrected chi connectivity index (χ3v) is 1.74. The van der Waals surface area contributed by atoms with Crippen LogP contribution in [-0.2, 0) is 0 Å². The van der Waals surface area contributed by atoms with Gasteiger partial charge in [-0.05, 0) is 6.92 Å². The maximum atomic E-state index is 13.0. The highest BCUT2D eigenvalue weighted by Gasteiger charge is 2.24. The molecule has 0 radical (unpaired) electrons. The lowest BCUT2D eigenvalue weighted by Gasteiger charge is -2.10. The van der Waals surface area contributed by atoms with Gasteiger partial charge in [-0.1, -0.05) is 0 Å². The molecule has 0 aromatic heterocycles. The van der Waals surface area contributed by atoms with E-state index in [2.05, 4.69) is 0 Å². The Bertz CT molecular complexity index is 360. The molecule has 0 spiro atoms. The fourth-order valence-corrected chi connectivity index (χ4v) is 0.987. The van der Waals surface area contributed by atoms with E-state index in [9.17, 15) is 26.3 Å². The number of nitrogens with one attached hydrogen (secondary N) is 1. The summed E-state index contributed by atoms with van der Waals surface area (Å²) in [6.45, 7) is -2.47. The van der Waals surface area contributed by atoms with Crippen molar-refractivity contribution in [1.29, 1.82) is 0 Å². The summed E-state index contributed by atoms with van der Waals surface area (Å²) in [6.07, 6.45) is 0. The van der Waals surface area contributed by atoms with E-state index in [1.807, 2.05) is 0 Å². The molecule has 1 N–H and O–H groups in total. The van der Waals surface area contributed by atoms with Crippen LogP contribution in [0.15, 0.2) is 0 Å². The number of anilines is 1. The molecule has 0 bridgehead atoms. The number of hydrogen-bond acceptors (Lipinski definition) is 1. The van der Waals surface area contributed by atoms with Crippen LogP contribution in [0, 0.1) is 30.2 Å². The molecule has 0 aliphatic carbocycles. The minimum absolute atomic E-state index is 0.809. The van der Waals surface area contributed by atoms with Gasteiger partial charge in [0.1, 0.15) is 5.69 Å². The second-order valence-corrected chi connectivity index (χ2v) is 2.70. The Balaban J connectivity index is 3.39. The fraction of sp³-hybridized carbons (Fsp3) is 0.250. The zero-order valence-electron chi connectivity index (χ0n) is 7.35. The SMILES string of the molecule is Cc1c(F)c(F)c(F)c(NC(F)F)c1F. The van der Waals surface area contributed by atoms with Gasteiger partial charge in [0.2, 0.25) is 0 Å². The van der Waals surface area contributed by atoms with Gasteiger partial charge >= 0.3 is 6.55 Å². The van der Waals surface area contributed by atoms with Crippen molar-refractivity contribution in [3.8, 4) is 0 Å². The molecule has 15 heavy (non-hydrogen) atoms. The molecule has 0 saturated carbocycles. The average Bonchev–Trinajstić information content (AvgIpc) is 2.18. The maximum absolute atomic E-state index is 13.0. The molecule has 1 rings (SSSR count). The first-order valence-corrected chi connectivity index (χ1v) is 3.73. The van der Waals surface area contributed by atoms with E-state index in [0.29, 0.717) is 0 Å². The molecule has 0 aliphatic heterocycles. The van der Waals surface area contributed by atoms with Crippen molar-refractivity contribution in [3.63, 3.8) is 0 Å². The standard InChI is InChI=1S/C8H5F6N/c1-2-3(9)5(11)6(12)7(4(2)10)15-8(13)14/h8,15H,1H3. The molecule has 0 amide bonds. The van der Waals surface area contributed by atoms with Crippen LogP contribution in [0.25, 0.3) is 0 Å². The monoisotopic (exact) mass is 229 g/mol. The highest BCUT2D eigenvalue weighted by atomic mass is 19.3. The van der Waals surface area contributed by atoms with Gasteiger partial charge in [0, 0.05) is 5.56 Å². The normalized spacial score (nSPS) is 10.9. The summed E-state index contributed by atoms with van der Waals surface area (Å²) in [5.74, 6) is -7.30. The predicted molar refractivity (Wildman–Crippen MR) is 40.6 cm³/mol. The largest absolute Gasteiger partial charge is 0.325 e. The molecule has 0 aliphatic rings. The first-order chi connectivity index (χ1) is 6.86. The van der Waals surface area contributed by atoms with E-state index < -0.39 is 41.1 Å². The number of rotatable bonds is 2. The smallest absolute Gasteiger partial charge is 0.313 e. The lowest BCUT2D eigenvalue weighted by molar-refractivity contribution is 0.180. The minimum atomic E-state index is -3.28. The lowest BCUT2D eigenvalue weighted by Crippen LogP contribution is -2.13. The van der Waals surface area contributed by atoms with Gasteiger partial charge < -0.3 is 5.32 Å². The van der Waals surface area contributed by atoms with Crippen molar-refractivity contribution < 1.29 is 26.3 Å². The molecular formula is C8H5F6N. The molecule has 1 aromatic carbocycles. The van der Waals surface area contributed by atoms with Crippen molar-refractivity contribution in [3.05, 3.63) is 28.8 Å². The highest BCUT2D eigenvalue weighted by molar-refractivity contribution is 5.50. The van der Waals surface area contributed by atoms with Crippen molar-refractivity contribution >= 4 is 5.69 Å². The van der Waals surface area contributed by atoms with Crippen molar-refractivity contribution in [2.45, 2.75) is 13.5 Å². The summed E-state index contributed by atoms with van der Waals surface area (Å²) in [4.78, 5) is 0. The second-order valence-electron chi connectivity index (χ2n) is 2.70. The first-order valence-electron chi connectivity index (χ1n) is 3.73. The molecule has 0 saturated heterocycles. The molecule has 0 heterocycles. The number of halogens is 6. The van der Waals surface area contributed by atoms with Crippen LogP contribution in [0.5, 0.6) is 0 Å². The second kappa shape index (κ2) is 4.00. The molecule has 0 fully saturated rings. The first kappa shape index (κ1) is 11.7. The Morgan fingerprint density at radius 1 is 0.867 bits per heavy atom. The van der Waals surface area contributed by atoms with Gasteiger partial charge in [-0.3, -0.25) is 0 Å². The van der Waals surface area contributed by atoms with E-state index in [-0.39, 0.29) is 0 Å². The minimum Gasteiger partial charge on any atom is -0.325 e. The third kappa shape index (κ3) is 2.00. The van der Waals surface area contributed by atoms with Crippen molar-refractivity contribution in [2.24, 2.45) is 0 Å². The molecule has 7 heteroatoms. The van der Waals surface area contributed by atoms with E-state index >= 15 is 0 Å². The van der Waals surface area contributed by atoms with Gasteiger partial charge in [-0.2, -0.15) is 8.78 Å². The number of hydrogen-bond donors (Lipinski definition) is 1. The van der Waals surface area contributed by atoms with Crippen molar-refractivity contribution in [2.75, 3.05) is 5.32 Å².